The fourth-order valence-corrected chi connectivity index (χ4v) is 2.34. The van der Waals surface area contributed by atoms with Crippen molar-refractivity contribution in [2.75, 3.05) is 25.1 Å². The van der Waals surface area contributed by atoms with E-state index in [1.54, 1.807) is 12.1 Å². The van der Waals surface area contributed by atoms with Gasteiger partial charge in [-0.2, -0.15) is 0 Å². The Hall–Kier alpha value is -2.69. The van der Waals surface area contributed by atoms with Crippen LogP contribution >= 0.6 is 0 Å². The van der Waals surface area contributed by atoms with Gasteiger partial charge < -0.3 is 19.5 Å². The summed E-state index contributed by atoms with van der Waals surface area (Å²) in [7, 11) is 0. The number of nitrogens with one attached hydrogen (secondary N) is 1. The molecule has 134 valence electrons. The van der Waals surface area contributed by atoms with E-state index in [9.17, 15) is 4.79 Å². The van der Waals surface area contributed by atoms with Crippen molar-refractivity contribution in [2.45, 2.75) is 27.7 Å². The van der Waals surface area contributed by atoms with Gasteiger partial charge in [-0.15, -0.1) is 0 Å². The molecule has 2 aromatic carbocycles. The van der Waals surface area contributed by atoms with E-state index in [0.717, 1.165) is 11.1 Å². The minimum absolute atomic E-state index is 0.0747. The molecule has 0 spiro atoms. The molecule has 0 fully saturated rings. The lowest BCUT2D eigenvalue weighted by Gasteiger charge is -2.14. The van der Waals surface area contributed by atoms with Crippen LogP contribution in [-0.2, 0) is 4.79 Å². The number of carbonyl (C=O) groups is 1. The number of rotatable bonds is 8. The Morgan fingerprint density at radius 2 is 1.68 bits per heavy atom. The third-order valence-electron chi connectivity index (χ3n) is 3.54. The maximum absolute atomic E-state index is 12.3. The summed E-state index contributed by atoms with van der Waals surface area (Å²) < 4.78 is 16.7. The molecular weight excluding hydrogens is 318 g/mol. The maximum atomic E-state index is 12.3. The Morgan fingerprint density at radius 3 is 2.40 bits per heavy atom. The second kappa shape index (κ2) is 8.97. The van der Waals surface area contributed by atoms with E-state index in [2.05, 4.69) is 5.32 Å². The van der Waals surface area contributed by atoms with E-state index in [1.807, 2.05) is 52.0 Å². The fourth-order valence-electron chi connectivity index (χ4n) is 2.34. The summed E-state index contributed by atoms with van der Waals surface area (Å²) in [6, 6.07) is 11.3. The van der Waals surface area contributed by atoms with Crippen molar-refractivity contribution >= 4 is 11.6 Å². The lowest BCUT2D eigenvalue weighted by Crippen LogP contribution is -2.21. The van der Waals surface area contributed by atoms with Crippen LogP contribution in [0.1, 0.15) is 25.0 Å². The van der Waals surface area contributed by atoms with Gasteiger partial charge in [0, 0.05) is 6.07 Å². The van der Waals surface area contributed by atoms with Crippen LogP contribution in [0.5, 0.6) is 17.2 Å². The summed E-state index contributed by atoms with van der Waals surface area (Å²) in [5.41, 5.74) is 2.65. The summed E-state index contributed by atoms with van der Waals surface area (Å²) in [5, 5.41) is 2.83. The van der Waals surface area contributed by atoms with Gasteiger partial charge in [-0.05, 0) is 57.0 Å². The first kappa shape index (κ1) is 18.6. The van der Waals surface area contributed by atoms with Crippen LogP contribution in [0.15, 0.2) is 36.4 Å². The summed E-state index contributed by atoms with van der Waals surface area (Å²) >= 11 is 0. The van der Waals surface area contributed by atoms with Crippen LogP contribution in [0.2, 0.25) is 0 Å². The fraction of sp³-hybridized carbons (Fsp3) is 0.350. The molecule has 5 nitrogen and oxygen atoms in total. The molecule has 0 unspecified atom stereocenters. The van der Waals surface area contributed by atoms with Gasteiger partial charge in [0.05, 0.1) is 18.9 Å². The van der Waals surface area contributed by atoms with Crippen molar-refractivity contribution in [1.29, 1.82) is 0 Å². The van der Waals surface area contributed by atoms with Gasteiger partial charge in [0.15, 0.2) is 6.61 Å². The molecule has 0 bridgehead atoms. The van der Waals surface area contributed by atoms with Crippen molar-refractivity contribution in [3.63, 3.8) is 0 Å². The molecule has 1 N–H and O–H groups in total. The minimum atomic E-state index is -0.254. The Bertz CT molecular complexity index is 728. The predicted octanol–water partition coefficient (Wildman–Crippen LogP) is 4.12. The number of anilines is 1. The Kier molecular flexibility index (Phi) is 6.69. The van der Waals surface area contributed by atoms with Crippen LogP contribution in [0.3, 0.4) is 0 Å². The Balaban J connectivity index is 2.05. The van der Waals surface area contributed by atoms with Crippen LogP contribution in [0, 0.1) is 13.8 Å². The number of ether oxygens (including phenoxy) is 3. The van der Waals surface area contributed by atoms with Crippen LogP contribution in [0.25, 0.3) is 0 Å². The second-order valence-corrected chi connectivity index (χ2v) is 5.63. The third-order valence-corrected chi connectivity index (χ3v) is 3.54. The standard InChI is InChI=1S/C20H25NO4/c1-5-23-16-9-10-18(24-6-2)17(12-16)21-20(22)13-25-19-11-14(3)7-8-15(19)4/h7-12H,5-6,13H2,1-4H3,(H,21,22). The number of carbonyl (C=O) groups excluding carboxylic acids is 1. The average Bonchev–Trinajstić information content (AvgIpc) is 2.58. The van der Waals surface area contributed by atoms with Gasteiger partial charge in [-0.1, -0.05) is 12.1 Å². The topological polar surface area (TPSA) is 56.8 Å². The molecule has 2 rings (SSSR count). The zero-order valence-corrected chi connectivity index (χ0v) is 15.2. The van der Waals surface area contributed by atoms with Crippen molar-refractivity contribution in [2.24, 2.45) is 0 Å². The van der Waals surface area contributed by atoms with Crippen molar-refractivity contribution in [3.8, 4) is 17.2 Å². The number of aryl methyl sites for hydroxylation is 2. The normalized spacial score (nSPS) is 10.2. The zero-order valence-electron chi connectivity index (χ0n) is 15.2. The SMILES string of the molecule is CCOc1ccc(OCC)c(NC(=O)COc2cc(C)ccc2C)c1. The van der Waals surface area contributed by atoms with Gasteiger partial charge in [0.25, 0.3) is 5.91 Å². The first-order chi connectivity index (χ1) is 12.0. The monoisotopic (exact) mass is 343 g/mol. The van der Waals surface area contributed by atoms with Crippen molar-refractivity contribution in [1.82, 2.24) is 0 Å². The predicted molar refractivity (Wildman–Crippen MR) is 98.8 cm³/mol. The highest BCUT2D eigenvalue weighted by Crippen LogP contribution is 2.29. The van der Waals surface area contributed by atoms with Gasteiger partial charge in [-0.3, -0.25) is 4.79 Å². The lowest BCUT2D eigenvalue weighted by molar-refractivity contribution is -0.118. The number of benzene rings is 2. The van der Waals surface area contributed by atoms with Crippen LogP contribution in [-0.4, -0.2) is 25.7 Å². The summed E-state index contributed by atoms with van der Waals surface area (Å²) in [4.78, 5) is 12.3. The van der Waals surface area contributed by atoms with E-state index in [0.29, 0.717) is 36.1 Å². The first-order valence-electron chi connectivity index (χ1n) is 8.43. The zero-order chi connectivity index (χ0) is 18.2. The molecule has 0 atom stereocenters. The molecule has 0 aliphatic heterocycles. The number of amides is 1. The highest BCUT2D eigenvalue weighted by Gasteiger charge is 2.11. The van der Waals surface area contributed by atoms with E-state index in [4.69, 9.17) is 14.2 Å². The molecule has 2 aromatic rings. The highest BCUT2D eigenvalue weighted by molar-refractivity contribution is 5.93. The van der Waals surface area contributed by atoms with Crippen LogP contribution < -0.4 is 19.5 Å². The first-order valence-corrected chi connectivity index (χ1v) is 8.43. The second-order valence-electron chi connectivity index (χ2n) is 5.63. The molecule has 0 aliphatic carbocycles. The number of hydrogen-bond acceptors (Lipinski definition) is 4. The Labute approximate surface area is 148 Å². The molecule has 0 aromatic heterocycles. The van der Waals surface area contributed by atoms with E-state index in [1.165, 1.54) is 0 Å². The molecule has 5 heteroatoms. The van der Waals surface area contributed by atoms with Gasteiger partial charge in [0.1, 0.15) is 17.2 Å². The maximum Gasteiger partial charge on any atom is 0.262 e. The third kappa shape index (κ3) is 5.41. The summed E-state index contributed by atoms with van der Waals surface area (Å²) in [6.07, 6.45) is 0. The lowest BCUT2D eigenvalue weighted by atomic mass is 10.1. The molecule has 0 saturated carbocycles. The largest absolute Gasteiger partial charge is 0.494 e. The quantitative estimate of drug-likeness (QED) is 0.783. The Morgan fingerprint density at radius 1 is 0.920 bits per heavy atom. The van der Waals surface area contributed by atoms with Gasteiger partial charge >= 0.3 is 0 Å². The summed E-state index contributed by atoms with van der Waals surface area (Å²) in [6.45, 7) is 8.73. The smallest absolute Gasteiger partial charge is 0.262 e. The highest BCUT2D eigenvalue weighted by atomic mass is 16.5. The molecule has 25 heavy (non-hydrogen) atoms. The van der Waals surface area contributed by atoms with E-state index >= 15 is 0 Å². The van der Waals surface area contributed by atoms with Gasteiger partial charge in [0.2, 0.25) is 0 Å². The summed E-state index contributed by atoms with van der Waals surface area (Å²) in [5.74, 6) is 1.74. The molecule has 0 aliphatic rings. The molecule has 0 saturated heterocycles. The van der Waals surface area contributed by atoms with Crippen molar-refractivity contribution in [3.05, 3.63) is 47.5 Å². The minimum Gasteiger partial charge on any atom is -0.494 e. The number of hydrogen-bond donors (Lipinski definition) is 1. The van der Waals surface area contributed by atoms with Crippen molar-refractivity contribution < 1.29 is 19.0 Å². The van der Waals surface area contributed by atoms with Crippen LogP contribution in [0.4, 0.5) is 5.69 Å². The average molecular weight is 343 g/mol. The molecule has 0 radical (unpaired) electrons. The molecule has 0 heterocycles. The molecular formula is C20H25NO4. The molecule has 1 amide bonds. The van der Waals surface area contributed by atoms with E-state index in [-0.39, 0.29) is 12.5 Å². The van der Waals surface area contributed by atoms with Gasteiger partial charge in [-0.25, -0.2) is 0 Å². The van der Waals surface area contributed by atoms with E-state index < -0.39 is 0 Å².